The van der Waals surface area contributed by atoms with Crippen LogP contribution in [0.1, 0.15) is 35.8 Å². The second-order valence-electron chi connectivity index (χ2n) is 5.78. The quantitative estimate of drug-likeness (QED) is 0.744. The van der Waals surface area contributed by atoms with Gasteiger partial charge in [0.15, 0.2) is 0 Å². The zero-order valence-corrected chi connectivity index (χ0v) is 12.3. The van der Waals surface area contributed by atoms with Gasteiger partial charge in [0.2, 0.25) is 0 Å². The van der Waals surface area contributed by atoms with E-state index in [0.29, 0.717) is 18.0 Å². The molecule has 1 fully saturated rings. The summed E-state index contributed by atoms with van der Waals surface area (Å²) in [5, 5.41) is 8.35. The average Bonchev–Trinajstić information content (AvgIpc) is 3.07. The van der Waals surface area contributed by atoms with Gasteiger partial charge < -0.3 is 4.57 Å². The summed E-state index contributed by atoms with van der Waals surface area (Å²) in [6, 6.07) is 4.92. The summed E-state index contributed by atoms with van der Waals surface area (Å²) in [5.74, 6) is 1.52. The lowest BCUT2D eigenvalue weighted by atomic mass is 10.2. The summed E-state index contributed by atoms with van der Waals surface area (Å²) in [6.45, 7) is 2.40. The minimum Gasteiger partial charge on any atom is -0.329 e. The third kappa shape index (κ3) is 2.41. The highest BCUT2D eigenvalue weighted by molar-refractivity contribution is 5.35. The van der Waals surface area contributed by atoms with Gasteiger partial charge in [0.05, 0.1) is 18.4 Å². The van der Waals surface area contributed by atoms with Gasteiger partial charge in [-0.3, -0.25) is 0 Å². The number of aryl methyl sites for hydroxylation is 1. The SMILES string of the molecule is Cc1cc(-n2cc(Cn3ccnc3C3CC3)nn2)ccc1F. The highest BCUT2D eigenvalue weighted by Crippen LogP contribution is 2.39. The minimum absolute atomic E-state index is 0.212. The predicted octanol–water partition coefficient (Wildman–Crippen LogP) is 2.84. The monoisotopic (exact) mass is 297 g/mol. The van der Waals surface area contributed by atoms with E-state index in [1.807, 2.05) is 18.6 Å². The van der Waals surface area contributed by atoms with Gasteiger partial charge in [-0.1, -0.05) is 5.21 Å². The first-order valence-electron chi connectivity index (χ1n) is 7.39. The Morgan fingerprint density at radius 2 is 2.18 bits per heavy atom. The molecule has 0 amide bonds. The Morgan fingerprint density at radius 1 is 1.32 bits per heavy atom. The lowest BCUT2D eigenvalue weighted by Crippen LogP contribution is -2.03. The maximum atomic E-state index is 13.3. The highest BCUT2D eigenvalue weighted by Gasteiger charge is 2.27. The number of halogens is 1. The molecule has 112 valence electrons. The number of hydrogen-bond acceptors (Lipinski definition) is 3. The van der Waals surface area contributed by atoms with Gasteiger partial charge >= 0.3 is 0 Å². The van der Waals surface area contributed by atoms with Crippen molar-refractivity contribution in [2.45, 2.75) is 32.2 Å². The summed E-state index contributed by atoms with van der Waals surface area (Å²) in [5.41, 5.74) is 2.27. The van der Waals surface area contributed by atoms with Crippen LogP contribution in [0.3, 0.4) is 0 Å². The molecule has 0 saturated heterocycles. The van der Waals surface area contributed by atoms with Crippen LogP contribution in [0.4, 0.5) is 4.39 Å². The van der Waals surface area contributed by atoms with E-state index >= 15 is 0 Å². The van der Waals surface area contributed by atoms with E-state index in [-0.39, 0.29) is 5.82 Å². The zero-order valence-electron chi connectivity index (χ0n) is 12.3. The molecule has 1 saturated carbocycles. The van der Waals surface area contributed by atoms with Crippen LogP contribution < -0.4 is 0 Å². The molecule has 3 aromatic rings. The van der Waals surface area contributed by atoms with E-state index in [0.717, 1.165) is 17.2 Å². The first kappa shape index (κ1) is 13.2. The summed E-state index contributed by atoms with van der Waals surface area (Å²) >= 11 is 0. The van der Waals surface area contributed by atoms with Crippen molar-refractivity contribution in [2.24, 2.45) is 0 Å². The first-order chi connectivity index (χ1) is 10.7. The molecule has 0 spiro atoms. The molecule has 0 radical (unpaired) electrons. The zero-order chi connectivity index (χ0) is 15.1. The number of aromatic nitrogens is 5. The van der Waals surface area contributed by atoms with Crippen LogP contribution in [0.2, 0.25) is 0 Å². The standard InChI is InChI=1S/C16H16FN5/c1-11-8-14(4-5-15(11)17)22-10-13(19-20-22)9-21-7-6-18-16(21)12-2-3-12/h4-8,10,12H,2-3,9H2,1H3. The van der Waals surface area contributed by atoms with Gasteiger partial charge in [-0.15, -0.1) is 5.10 Å². The van der Waals surface area contributed by atoms with E-state index < -0.39 is 0 Å². The molecule has 22 heavy (non-hydrogen) atoms. The Morgan fingerprint density at radius 3 is 2.95 bits per heavy atom. The van der Waals surface area contributed by atoms with Gasteiger partial charge in [-0.2, -0.15) is 0 Å². The number of nitrogens with zero attached hydrogens (tertiary/aromatic N) is 5. The predicted molar refractivity (Wildman–Crippen MR) is 79.4 cm³/mol. The lowest BCUT2D eigenvalue weighted by molar-refractivity contribution is 0.617. The van der Waals surface area contributed by atoms with Crippen molar-refractivity contribution in [3.8, 4) is 5.69 Å². The summed E-state index contributed by atoms with van der Waals surface area (Å²) < 4.78 is 17.1. The van der Waals surface area contributed by atoms with E-state index in [2.05, 4.69) is 19.9 Å². The molecule has 0 aliphatic heterocycles. The molecule has 0 atom stereocenters. The average molecular weight is 297 g/mol. The van der Waals surface area contributed by atoms with Crippen molar-refractivity contribution in [2.75, 3.05) is 0 Å². The molecule has 1 aliphatic carbocycles. The largest absolute Gasteiger partial charge is 0.329 e. The van der Waals surface area contributed by atoms with E-state index in [4.69, 9.17) is 0 Å². The van der Waals surface area contributed by atoms with Gasteiger partial charge in [0.25, 0.3) is 0 Å². The van der Waals surface area contributed by atoms with Gasteiger partial charge in [-0.25, -0.2) is 14.1 Å². The second kappa shape index (κ2) is 5.05. The van der Waals surface area contributed by atoms with Gasteiger partial charge in [0.1, 0.15) is 17.3 Å². The normalized spacial score (nSPS) is 14.5. The Bertz CT molecular complexity index is 816. The van der Waals surface area contributed by atoms with Crippen molar-refractivity contribution >= 4 is 0 Å². The third-order valence-corrected chi connectivity index (χ3v) is 3.97. The Labute approximate surface area is 127 Å². The maximum absolute atomic E-state index is 13.3. The summed E-state index contributed by atoms with van der Waals surface area (Å²) in [6.07, 6.45) is 8.14. The van der Waals surface area contributed by atoms with Gasteiger partial charge in [0, 0.05) is 18.3 Å². The number of benzene rings is 1. The Balaban J connectivity index is 1.58. The van der Waals surface area contributed by atoms with Crippen LogP contribution in [0.5, 0.6) is 0 Å². The highest BCUT2D eigenvalue weighted by atomic mass is 19.1. The van der Waals surface area contributed by atoms with Crippen molar-refractivity contribution in [3.05, 3.63) is 59.7 Å². The molecule has 0 bridgehead atoms. The summed E-state index contributed by atoms with van der Waals surface area (Å²) in [4.78, 5) is 4.43. The fourth-order valence-electron chi connectivity index (χ4n) is 2.60. The third-order valence-electron chi connectivity index (χ3n) is 3.97. The molecular weight excluding hydrogens is 281 g/mol. The summed E-state index contributed by atoms with van der Waals surface area (Å²) in [7, 11) is 0. The van der Waals surface area contributed by atoms with Gasteiger partial charge in [-0.05, 0) is 43.5 Å². The number of rotatable bonds is 4. The van der Waals surface area contributed by atoms with Crippen LogP contribution in [0, 0.1) is 12.7 Å². The molecule has 6 heteroatoms. The topological polar surface area (TPSA) is 48.5 Å². The van der Waals surface area contributed by atoms with Crippen molar-refractivity contribution < 1.29 is 4.39 Å². The lowest BCUT2D eigenvalue weighted by Gasteiger charge is -2.04. The molecule has 2 heterocycles. The molecule has 1 aliphatic rings. The van der Waals surface area contributed by atoms with E-state index in [9.17, 15) is 4.39 Å². The molecule has 5 nitrogen and oxygen atoms in total. The van der Waals surface area contributed by atoms with Crippen LogP contribution in [0.15, 0.2) is 36.8 Å². The molecule has 4 rings (SSSR count). The molecule has 2 aromatic heterocycles. The van der Waals surface area contributed by atoms with Crippen LogP contribution in [0.25, 0.3) is 5.69 Å². The molecule has 0 unspecified atom stereocenters. The first-order valence-corrected chi connectivity index (χ1v) is 7.39. The fourth-order valence-corrected chi connectivity index (χ4v) is 2.60. The van der Waals surface area contributed by atoms with Crippen molar-refractivity contribution in [1.82, 2.24) is 24.5 Å². The minimum atomic E-state index is -0.212. The molecule has 0 N–H and O–H groups in total. The maximum Gasteiger partial charge on any atom is 0.126 e. The van der Waals surface area contributed by atoms with Crippen molar-refractivity contribution in [1.29, 1.82) is 0 Å². The van der Waals surface area contributed by atoms with Crippen LogP contribution in [-0.4, -0.2) is 24.5 Å². The van der Waals surface area contributed by atoms with Crippen LogP contribution in [-0.2, 0) is 6.54 Å². The Kier molecular flexibility index (Phi) is 3.03. The fraction of sp³-hybridized carbons (Fsp3) is 0.312. The smallest absolute Gasteiger partial charge is 0.126 e. The van der Waals surface area contributed by atoms with E-state index in [1.54, 1.807) is 23.7 Å². The van der Waals surface area contributed by atoms with E-state index in [1.165, 1.54) is 18.9 Å². The number of hydrogen-bond donors (Lipinski definition) is 0. The Hall–Kier alpha value is -2.50. The second-order valence-corrected chi connectivity index (χ2v) is 5.78. The van der Waals surface area contributed by atoms with Crippen LogP contribution >= 0.6 is 0 Å². The van der Waals surface area contributed by atoms with Crippen molar-refractivity contribution in [3.63, 3.8) is 0 Å². The molecule has 1 aromatic carbocycles. The molecular formula is C16H16FN5. The number of imidazole rings is 1.